The molecule has 0 aliphatic heterocycles. The Morgan fingerprint density at radius 3 is 2.32 bits per heavy atom. The van der Waals surface area contributed by atoms with Gasteiger partial charge >= 0.3 is 0 Å². The van der Waals surface area contributed by atoms with E-state index in [1.807, 2.05) is 6.20 Å². The van der Waals surface area contributed by atoms with Crippen molar-refractivity contribution in [1.82, 2.24) is 4.98 Å². The first-order chi connectivity index (χ1) is 14.6. The molecule has 0 fully saturated rings. The molecule has 31 heavy (non-hydrogen) atoms. The van der Waals surface area contributed by atoms with E-state index in [-0.39, 0.29) is 5.41 Å². The van der Waals surface area contributed by atoms with Gasteiger partial charge in [-0.3, -0.25) is 4.98 Å². The number of rotatable bonds is 2. The molecule has 0 aliphatic rings. The molecule has 0 amide bonds. The molecule has 0 unspecified atom stereocenters. The summed E-state index contributed by atoms with van der Waals surface area (Å²) in [4.78, 5) is 4.79. The Morgan fingerprint density at radius 1 is 0.806 bits per heavy atom. The van der Waals surface area contributed by atoms with Crippen LogP contribution >= 0.6 is 0 Å². The third-order valence-corrected chi connectivity index (χ3v) is 8.24. The van der Waals surface area contributed by atoms with Crippen LogP contribution in [-0.2, 0) is 5.41 Å². The van der Waals surface area contributed by atoms with Crippen LogP contribution in [0.4, 0.5) is 0 Å². The normalized spacial score (nSPS) is 12.8. The van der Waals surface area contributed by atoms with Crippen molar-refractivity contribution < 1.29 is 4.42 Å². The van der Waals surface area contributed by atoms with Crippen LogP contribution in [0.5, 0.6) is 0 Å². The summed E-state index contributed by atoms with van der Waals surface area (Å²) in [7, 11) is -1.41. The Labute approximate surface area is 184 Å². The number of benzene rings is 3. The van der Waals surface area contributed by atoms with E-state index in [4.69, 9.17) is 9.40 Å². The molecule has 2 aromatic heterocycles. The van der Waals surface area contributed by atoms with Crippen molar-refractivity contribution in [3.63, 3.8) is 0 Å². The quantitative estimate of drug-likeness (QED) is 0.273. The molecule has 3 heteroatoms. The first-order valence-electron chi connectivity index (χ1n) is 11.0. The standard InChI is InChI=1S/C28H29NOSi/c1-28(2,3)24-16-19(15-18-9-7-8-10-21(18)24)26-27-23(13-14-29-26)22-12-11-20(31(4,5)6)17-25(22)30-27/h7-17H,1-6H3. The Bertz CT molecular complexity index is 1450. The molecule has 0 N–H and O–H groups in total. The van der Waals surface area contributed by atoms with E-state index in [1.165, 1.54) is 21.5 Å². The molecule has 0 bridgehead atoms. The molecule has 0 radical (unpaired) electrons. The highest BCUT2D eigenvalue weighted by Crippen LogP contribution is 2.38. The summed E-state index contributed by atoms with van der Waals surface area (Å²) in [5.41, 5.74) is 5.22. The van der Waals surface area contributed by atoms with Crippen LogP contribution in [-0.4, -0.2) is 13.1 Å². The van der Waals surface area contributed by atoms with E-state index in [2.05, 4.69) is 101 Å². The lowest BCUT2D eigenvalue weighted by Gasteiger charge is -2.22. The Balaban J connectivity index is 1.80. The molecule has 5 rings (SSSR count). The van der Waals surface area contributed by atoms with Crippen molar-refractivity contribution in [1.29, 1.82) is 0 Å². The average molecular weight is 424 g/mol. The molecule has 0 aliphatic carbocycles. The number of nitrogens with zero attached hydrogens (tertiary/aromatic N) is 1. The van der Waals surface area contributed by atoms with Gasteiger partial charge in [0.05, 0.1) is 8.07 Å². The average Bonchev–Trinajstić information content (AvgIpc) is 3.09. The van der Waals surface area contributed by atoms with E-state index in [0.717, 1.165) is 33.2 Å². The molecular weight excluding hydrogens is 394 g/mol. The first-order valence-corrected chi connectivity index (χ1v) is 14.5. The Kier molecular flexibility index (Phi) is 4.39. The van der Waals surface area contributed by atoms with Crippen LogP contribution in [0.3, 0.4) is 0 Å². The zero-order valence-corrected chi connectivity index (χ0v) is 20.2. The predicted molar refractivity (Wildman–Crippen MR) is 136 cm³/mol. The van der Waals surface area contributed by atoms with Crippen LogP contribution in [0, 0.1) is 0 Å². The molecule has 156 valence electrons. The number of hydrogen-bond donors (Lipinski definition) is 0. The lowest BCUT2D eigenvalue weighted by Crippen LogP contribution is -2.37. The number of fused-ring (bicyclic) bond motifs is 4. The predicted octanol–water partition coefficient (Wildman–Crippen LogP) is 7.64. The molecular formula is C28H29NOSi. The monoisotopic (exact) mass is 423 g/mol. The third kappa shape index (κ3) is 3.37. The summed E-state index contributed by atoms with van der Waals surface area (Å²) in [5, 5.41) is 6.25. The summed E-state index contributed by atoms with van der Waals surface area (Å²) < 4.78 is 6.47. The topological polar surface area (TPSA) is 26.0 Å². The molecule has 0 saturated carbocycles. The van der Waals surface area contributed by atoms with E-state index in [9.17, 15) is 0 Å². The summed E-state index contributed by atoms with van der Waals surface area (Å²) in [6.45, 7) is 13.9. The number of furan rings is 1. The fourth-order valence-electron chi connectivity index (χ4n) is 4.44. The minimum Gasteiger partial charge on any atom is -0.454 e. The van der Waals surface area contributed by atoms with Gasteiger partial charge in [0.15, 0.2) is 5.58 Å². The second-order valence-corrected chi connectivity index (χ2v) is 15.7. The van der Waals surface area contributed by atoms with Crippen molar-refractivity contribution in [2.45, 2.75) is 45.8 Å². The summed E-state index contributed by atoms with van der Waals surface area (Å²) >= 11 is 0. The van der Waals surface area contributed by atoms with Gasteiger partial charge < -0.3 is 4.42 Å². The van der Waals surface area contributed by atoms with Crippen LogP contribution in [0.1, 0.15) is 26.3 Å². The lowest BCUT2D eigenvalue weighted by molar-refractivity contribution is 0.596. The minimum absolute atomic E-state index is 0.0314. The molecule has 5 aromatic rings. The maximum Gasteiger partial charge on any atom is 0.161 e. The van der Waals surface area contributed by atoms with E-state index < -0.39 is 8.07 Å². The van der Waals surface area contributed by atoms with Gasteiger partial charge in [-0.15, -0.1) is 0 Å². The largest absolute Gasteiger partial charge is 0.454 e. The number of hydrogen-bond acceptors (Lipinski definition) is 2. The van der Waals surface area contributed by atoms with Gasteiger partial charge in [0, 0.05) is 22.5 Å². The van der Waals surface area contributed by atoms with Crippen LogP contribution < -0.4 is 5.19 Å². The Morgan fingerprint density at radius 2 is 1.58 bits per heavy atom. The SMILES string of the molecule is CC(C)(C)c1cc(-c2nccc3c2oc2cc([Si](C)(C)C)ccc23)cc2ccccc12. The first kappa shape index (κ1) is 20.0. The highest BCUT2D eigenvalue weighted by molar-refractivity contribution is 6.88. The second-order valence-electron chi connectivity index (χ2n) is 10.6. The maximum absolute atomic E-state index is 6.47. The van der Waals surface area contributed by atoms with Crippen molar-refractivity contribution >= 4 is 46.0 Å². The van der Waals surface area contributed by atoms with Gasteiger partial charge in [0.2, 0.25) is 0 Å². The van der Waals surface area contributed by atoms with E-state index >= 15 is 0 Å². The molecule has 0 saturated heterocycles. The van der Waals surface area contributed by atoms with Gasteiger partial charge in [-0.1, -0.05) is 82.0 Å². The molecule has 0 atom stereocenters. The lowest BCUT2D eigenvalue weighted by atomic mass is 9.82. The minimum atomic E-state index is -1.41. The zero-order valence-electron chi connectivity index (χ0n) is 19.2. The molecule has 3 aromatic carbocycles. The van der Waals surface area contributed by atoms with Crippen molar-refractivity contribution in [3.05, 3.63) is 72.4 Å². The highest BCUT2D eigenvalue weighted by Gasteiger charge is 2.22. The van der Waals surface area contributed by atoms with E-state index in [1.54, 1.807) is 0 Å². The van der Waals surface area contributed by atoms with Gasteiger partial charge in [0.1, 0.15) is 11.3 Å². The fourth-order valence-corrected chi connectivity index (χ4v) is 5.59. The van der Waals surface area contributed by atoms with Gasteiger partial charge in [-0.05, 0) is 46.0 Å². The van der Waals surface area contributed by atoms with Crippen LogP contribution in [0.25, 0.3) is 44.0 Å². The summed E-state index contributed by atoms with van der Waals surface area (Å²) in [5.74, 6) is 0. The smallest absolute Gasteiger partial charge is 0.161 e. The summed E-state index contributed by atoms with van der Waals surface area (Å²) in [6, 6.07) is 22.0. The zero-order chi connectivity index (χ0) is 22.0. The number of pyridine rings is 1. The fraction of sp³-hybridized carbons (Fsp3) is 0.250. The highest BCUT2D eigenvalue weighted by atomic mass is 28.3. The van der Waals surface area contributed by atoms with Gasteiger partial charge in [-0.2, -0.15) is 0 Å². The van der Waals surface area contributed by atoms with Crippen LogP contribution in [0.2, 0.25) is 19.6 Å². The Hall–Kier alpha value is -2.91. The molecule has 0 spiro atoms. The number of aromatic nitrogens is 1. The summed E-state index contributed by atoms with van der Waals surface area (Å²) in [6.07, 6.45) is 1.91. The molecule has 2 nitrogen and oxygen atoms in total. The van der Waals surface area contributed by atoms with Crippen molar-refractivity contribution in [3.8, 4) is 11.3 Å². The van der Waals surface area contributed by atoms with Gasteiger partial charge in [0.25, 0.3) is 0 Å². The van der Waals surface area contributed by atoms with Crippen molar-refractivity contribution in [2.24, 2.45) is 0 Å². The van der Waals surface area contributed by atoms with E-state index in [0.29, 0.717) is 0 Å². The van der Waals surface area contributed by atoms with Gasteiger partial charge in [-0.25, -0.2) is 0 Å². The second kappa shape index (κ2) is 6.79. The molecule has 2 heterocycles. The van der Waals surface area contributed by atoms with Crippen molar-refractivity contribution in [2.75, 3.05) is 0 Å². The third-order valence-electron chi connectivity index (χ3n) is 6.20. The maximum atomic E-state index is 6.47. The van der Waals surface area contributed by atoms with Crippen LogP contribution in [0.15, 0.2) is 71.3 Å².